The predicted octanol–water partition coefficient (Wildman–Crippen LogP) is 4.05. The van der Waals surface area contributed by atoms with Gasteiger partial charge in [-0.3, -0.25) is 19.3 Å². The number of rotatable bonds is 5. The van der Waals surface area contributed by atoms with Crippen LogP contribution in [0.5, 0.6) is 0 Å². The van der Waals surface area contributed by atoms with E-state index < -0.39 is 0 Å². The standard InChI is InChI=1S/C26H25N3O4S/c1-18-5-4-6-19(13-18)15-29-25(31)23(34-26(29)32)14-20-16-28(22-8-3-2-7-21(20)22)17-24(30)27-9-11-33-12-10-27/h2-8,13-14,16H,9-12,15,17H2,1H3/b23-14-. The molecule has 34 heavy (non-hydrogen) atoms. The number of benzene rings is 2. The molecule has 2 aliphatic rings. The summed E-state index contributed by atoms with van der Waals surface area (Å²) in [7, 11) is 0. The Morgan fingerprint density at radius 1 is 1.09 bits per heavy atom. The molecule has 0 saturated carbocycles. The minimum atomic E-state index is -0.294. The van der Waals surface area contributed by atoms with Crippen LogP contribution in [0.2, 0.25) is 0 Å². The summed E-state index contributed by atoms with van der Waals surface area (Å²) in [4.78, 5) is 42.0. The number of imide groups is 1. The molecule has 3 heterocycles. The fourth-order valence-electron chi connectivity index (χ4n) is 4.35. The van der Waals surface area contributed by atoms with Crippen LogP contribution in [-0.4, -0.2) is 57.7 Å². The Kier molecular flexibility index (Phi) is 6.26. The van der Waals surface area contributed by atoms with E-state index in [-0.39, 0.29) is 30.1 Å². The lowest BCUT2D eigenvalue weighted by Gasteiger charge is -2.27. The lowest BCUT2D eigenvalue weighted by molar-refractivity contribution is -0.135. The maximum absolute atomic E-state index is 13.1. The highest BCUT2D eigenvalue weighted by Gasteiger charge is 2.35. The number of carbonyl (C=O) groups excluding carboxylic acids is 3. The monoisotopic (exact) mass is 475 g/mol. The summed E-state index contributed by atoms with van der Waals surface area (Å²) >= 11 is 0.955. The van der Waals surface area contributed by atoms with Crippen molar-refractivity contribution in [1.29, 1.82) is 0 Å². The topological polar surface area (TPSA) is 71.8 Å². The van der Waals surface area contributed by atoms with Crippen LogP contribution >= 0.6 is 11.8 Å². The first-order valence-electron chi connectivity index (χ1n) is 11.2. The Balaban J connectivity index is 1.41. The van der Waals surface area contributed by atoms with E-state index >= 15 is 0 Å². The second kappa shape index (κ2) is 9.48. The molecule has 5 rings (SSSR count). The maximum atomic E-state index is 13.1. The highest BCUT2D eigenvalue weighted by atomic mass is 32.2. The molecule has 0 spiro atoms. The molecule has 0 bridgehead atoms. The van der Waals surface area contributed by atoms with E-state index in [9.17, 15) is 14.4 Å². The molecule has 3 aromatic rings. The van der Waals surface area contributed by atoms with Gasteiger partial charge in [-0.1, -0.05) is 48.0 Å². The van der Waals surface area contributed by atoms with Crippen LogP contribution in [0, 0.1) is 6.92 Å². The van der Waals surface area contributed by atoms with Crippen molar-refractivity contribution in [3.63, 3.8) is 0 Å². The number of para-hydroxylation sites is 1. The van der Waals surface area contributed by atoms with E-state index in [1.807, 2.05) is 71.1 Å². The fourth-order valence-corrected chi connectivity index (χ4v) is 5.18. The van der Waals surface area contributed by atoms with Crippen molar-refractivity contribution in [3.8, 4) is 0 Å². The fraction of sp³-hybridized carbons (Fsp3) is 0.269. The van der Waals surface area contributed by atoms with Crippen molar-refractivity contribution in [2.75, 3.05) is 26.3 Å². The van der Waals surface area contributed by atoms with Crippen molar-refractivity contribution < 1.29 is 19.1 Å². The first-order valence-corrected chi connectivity index (χ1v) is 12.1. The number of ether oxygens (including phenoxy) is 1. The molecule has 0 aliphatic carbocycles. The lowest BCUT2D eigenvalue weighted by atomic mass is 10.1. The highest BCUT2D eigenvalue weighted by Crippen LogP contribution is 2.35. The molecule has 0 unspecified atom stereocenters. The van der Waals surface area contributed by atoms with Crippen LogP contribution in [0.25, 0.3) is 17.0 Å². The Bertz CT molecular complexity index is 1310. The molecule has 0 radical (unpaired) electrons. The van der Waals surface area contributed by atoms with Crippen LogP contribution < -0.4 is 0 Å². The van der Waals surface area contributed by atoms with Crippen LogP contribution in [0.15, 0.2) is 59.6 Å². The number of thioether (sulfide) groups is 1. The Labute approximate surface area is 202 Å². The zero-order valence-electron chi connectivity index (χ0n) is 18.9. The van der Waals surface area contributed by atoms with Crippen molar-refractivity contribution in [3.05, 3.63) is 76.3 Å². The van der Waals surface area contributed by atoms with Gasteiger partial charge in [0.1, 0.15) is 6.54 Å². The highest BCUT2D eigenvalue weighted by molar-refractivity contribution is 8.18. The summed E-state index contributed by atoms with van der Waals surface area (Å²) in [6, 6.07) is 15.6. The SMILES string of the molecule is Cc1cccc(CN2C(=O)S/C(=C\c3cn(CC(=O)N4CCOCC4)c4ccccc34)C2=O)c1. The lowest BCUT2D eigenvalue weighted by Crippen LogP contribution is -2.42. The normalized spacial score (nSPS) is 17.9. The minimum Gasteiger partial charge on any atom is -0.378 e. The van der Waals surface area contributed by atoms with E-state index in [2.05, 4.69) is 0 Å². The zero-order chi connectivity index (χ0) is 23.7. The zero-order valence-corrected chi connectivity index (χ0v) is 19.7. The molecular weight excluding hydrogens is 450 g/mol. The van der Waals surface area contributed by atoms with E-state index in [0.29, 0.717) is 31.2 Å². The molecule has 2 aromatic carbocycles. The van der Waals surface area contributed by atoms with Crippen LogP contribution in [0.4, 0.5) is 4.79 Å². The summed E-state index contributed by atoms with van der Waals surface area (Å²) in [5, 5.41) is 0.659. The van der Waals surface area contributed by atoms with Crippen LogP contribution in [0.1, 0.15) is 16.7 Å². The number of morpholine rings is 1. The number of nitrogens with zero attached hydrogens (tertiary/aromatic N) is 3. The van der Waals surface area contributed by atoms with E-state index in [1.54, 1.807) is 6.08 Å². The van der Waals surface area contributed by atoms with Gasteiger partial charge >= 0.3 is 0 Å². The molecule has 7 nitrogen and oxygen atoms in total. The third-order valence-corrected chi connectivity index (χ3v) is 6.98. The number of hydrogen-bond acceptors (Lipinski definition) is 5. The molecule has 2 saturated heterocycles. The largest absolute Gasteiger partial charge is 0.378 e. The molecule has 174 valence electrons. The van der Waals surface area contributed by atoms with Crippen molar-refractivity contribution >= 4 is 45.8 Å². The van der Waals surface area contributed by atoms with Crippen molar-refractivity contribution in [2.24, 2.45) is 0 Å². The number of hydrogen-bond donors (Lipinski definition) is 0. The number of aromatic nitrogens is 1. The molecule has 1 aromatic heterocycles. The second-order valence-corrected chi connectivity index (χ2v) is 9.47. The number of aryl methyl sites for hydroxylation is 1. The van der Waals surface area contributed by atoms with Crippen LogP contribution in [0.3, 0.4) is 0 Å². The Hall–Kier alpha value is -3.36. The van der Waals surface area contributed by atoms with E-state index in [1.165, 1.54) is 4.90 Å². The predicted molar refractivity (Wildman–Crippen MR) is 132 cm³/mol. The molecule has 8 heteroatoms. The third kappa shape index (κ3) is 4.51. The minimum absolute atomic E-state index is 0.0362. The van der Waals surface area contributed by atoms with Gasteiger partial charge in [-0.15, -0.1) is 0 Å². The van der Waals surface area contributed by atoms with Gasteiger partial charge in [0.25, 0.3) is 11.1 Å². The van der Waals surface area contributed by atoms with Gasteiger partial charge in [0.15, 0.2) is 0 Å². The first-order chi connectivity index (χ1) is 16.5. The van der Waals surface area contributed by atoms with Gasteiger partial charge in [0, 0.05) is 35.8 Å². The van der Waals surface area contributed by atoms with Crippen molar-refractivity contribution in [2.45, 2.75) is 20.0 Å². The smallest absolute Gasteiger partial charge is 0.293 e. The van der Waals surface area contributed by atoms with Gasteiger partial charge in [-0.2, -0.15) is 0 Å². The van der Waals surface area contributed by atoms with E-state index in [4.69, 9.17) is 4.74 Å². The Morgan fingerprint density at radius 3 is 2.68 bits per heavy atom. The van der Waals surface area contributed by atoms with Gasteiger partial charge in [-0.25, -0.2) is 0 Å². The van der Waals surface area contributed by atoms with Gasteiger partial charge in [0.2, 0.25) is 5.91 Å². The molecule has 0 N–H and O–H groups in total. The molecule has 2 fully saturated rings. The molecule has 3 amide bonds. The number of amides is 3. The van der Waals surface area contributed by atoms with Crippen molar-refractivity contribution in [1.82, 2.24) is 14.4 Å². The molecular formula is C26H25N3O4S. The number of fused-ring (bicyclic) bond motifs is 1. The summed E-state index contributed by atoms with van der Waals surface area (Å²) < 4.78 is 7.26. The summed E-state index contributed by atoms with van der Waals surface area (Å²) in [5.74, 6) is -0.258. The number of carbonyl (C=O) groups is 3. The molecule has 0 atom stereocenters. The van der Waals surface area contributed by atoms with Gasteiger partial charge in [-0.05, 0) is 36.4 Å². The maximum Gasteiger partial charge on any atom is 0.293 e. The summed E-state index contributed by atoms with van der Waals surface area (Å²) in [6.45, 7) is 4.75. The van der Waals surface area contributed by atoms with Gasteiger partial charge in [0.05, 0.1) is 24.7 Å². The Morgan fingerprint density at radius 2 is 1.88 bits per heavy atom. The van der Waals surface area contributed by atoms with Crippen LogP contribution in [-0.2, 0) is 27.4 Å². The summed E-state index contributed by atoms with van der Waals surface area (Å²) in [5.41, 5.74) is 3.72. The second-order valence-electron chi connectivity index (χ2n) is 8.48. The quantitative estimate of drug-likeness (QED) is 0.521. The molecule has 2 aliphatic heterocycles. The third-order valence-electron chi connectivity index (χ3n) is 6.07. The first kappa shape index (κ1) is 22.4. The average molecular weight is 476 g/mol. The summed E-state index contributed by atoms with van der Waals surface area (Å²) in [6.07, 6.45) is 3.65. The average Bonchev–Trinajstić information content (AvgIpc) is 3.31. The van der Waals surface area contributed by atoms with Gasteiger partial charge < -0.3 is 14.2 Å². The van der Waals surface area contributed by atoms with E-state index in [0.717, 1.165) is 39.4 Å².